The van der Waals surface area contributed by atoms with Crippen LogP contribution < -0.4 is 5.32 Å². The van der Waals surface area contributed by atoms with Crippen LogP contribution in [0.25, 0.3) is 0 Å². The van der Waals surface area contributed by atoms with Gasteiger partial charge in [-0.25, -0.2) is 0 Å². The summed E-state index contributed by atoms with van der Waals surface area (Å²) >= 11 is 0. The van der Waals surface area contributed by atoms with Gasteiger partial charge in [0.25, 0.3) is 0 Å². The Kier molecular flexibility index (Phi) is 5.06. The second kappa shape index (κ2) is 5.53. The lowest BCUT2D eigenvalue weighted by molar-refractivity contribution is -0.145. The molecule has 0 spiro atoms. The molecule has 0 rings (SSSR count). The van der Waals surface area contributed by atoms with E-state index >= 15 is 0 Å². The third kappa shape index (κ3) is 5.19. The van der Waals surface area contributed by atoms with E-state index in [9.17, 15) is 9.59 Å². The van der Waals surface area contributed by atoms with Gasteiger partial charge in [-0.1, -0.05) is 0 Å². The summed E-state index contributed by atoms with van der Waals surface area (Å²) in [5, 5.41) is 11.0. The molecule has 5 nitrogen and oxygen atoms in total. The highest BCUT2D eigenvalue weighted by Crippen LogP contribution is 1.97. The summed E-state index contributed by atoms with van der Waals surface area (Å²) in [6.45, 7) is 3.59. The Balaban J connectivity index is 4.07. The van der Waals surface area contributed by atoms with Gasteiger partial charge >= 0.3 is 5.97 Å². The Morgan fingerprint density at radius 2 is 2.00 bits per heavy atom. The van der Waals surface area contributed by atoms with E-state index in [2.05, 4.69) is 5.32 Å². The van der Waals surface area contributed by atoms with Crippen molar-refractivity contribution in [3.63, 3.8) is 0 Å². The Labute approximate surface area is 77.1 Å². The molecule has 0 unspecified atom stereocenters. The van der Waals surface area contributed by atoms with E-state index in [1.54, 1.807) is 13.8 Å². The van der Waals surface area contributed by atoms with Gasteiger partial charge in [0.1, 0.15) is 6.10 Å². The van der Waals surface area contributed by atoms with Gasteiger partial charge in [0.2, 0.25) is 5.91 Å². The van der Waals surface area contributed by atoms with Crippen LogP contribution in [0.2, 0.25) is 0 Å². The van der Waals surface area contributed by atoms with E-state index in [0.29, 0.717) is 0 Å². The van der Waals surface area contributed by atoms with Crippen LogP contribution in [0.5, 0.6) is 0 Å². The molecule has 5 heteroatoms. The first-order valence-electron chi connectivity index (χ1n) is 4.02. The third-order valence-electron chi connectivity index (χ3n) is 1.37. The summed E-state index contributed by atoms with van der Waals surface area (Å²) in [5.41, 5.74) is 0. The molecule has 13 heavy (non-hydrogen) atoms. The summed E-state index contributed by atoms with van der Waals surface area (Å²) in [5.74, 6) is -1.44. The van der Waals surface area contributed by atoms with Gasteiger partial charge in [0.15, 0.2) is 0 Å². The van der Waals surface area contributed by atoms with Gasteiger partial charge < -0.3 is 15.2 Å². The lowest BCUT2D eigenvalue weighted by Crippen LogP contribution is -2.40. The molecule has 2 N–H and O–H groups in total. The lowest BCUT2D eigenvalue weighted by atomic mass is 10.2. The Hall–Kier alpha value is -1.10. The number of nitrogens with one attached hydrogen (secondary N) is 1. The van der Waals surface area contributed by atoms with Crippen LogP contribution in [0.3, 0.4) is 0 Å². The van der Waals surface area contributed by atoms with Gasteiger partial charge in [0.05, 0.1) is 6.42 Å². The number of carbonyl (C=O) groups is 2. The standard InChI is InChI=1S/C8H15NO4/c1-5(2)9-8(12)6(13-3)4-7(10)11/h5-6H,4H2,1-3H3,(H,9,12)(H,10,11)/t6-/m0/s1. The highest BCUT2D eigenvalue weighted by Gasteiger charge is 2.21. The molecule has 0 fully saturated rings. The molecule has 0 aliphatic rings. The van der Waals surface area contributed by atoms with E-state index < -0.39 is 12.1 Å². The molecule has 1 amide bonds. The first-order chi connectivity index (χ1) is 5.97. The van der Waals surface area contributed by atoms with Crippen molar-refractivity contribution >= 4 is 11.9 Å². The number of amides is 1. The highest BCUT2D eigenvalue weighted by atomic mass is 16.5. The van der Waals surface area contributed by atoms with Crippen molar-refractivity contribution in [3.8, 4) is 0 Å². The normalized spacial score (nSPS) is 12.6. The minimum absolute atomic E-state index is 0.0149. The molecule has 0 aromatic carbocycles. The lowest BCUT2D eigenvalue weighted by Gasteiger charge is -2.15. The smallest absolute Gasteiger partial charge is 0.306 e. The Morgan fingerprint density at radius 3 is 2.31 bits per heavy atom. The van der Waals surface area contributed by atoms with E-state index in [4.69, 9.17) is 9.84 Å². The first kappa shape index (κ1) is 11.9. The maximum atomic E-state index is 11.2. The zero-order valence-electron chi connectivity index (χ0n) is 8.03. The maximum Gasteiger partial charge on any atom is 0.306 e. The minimum Gasteiger partial charge on any atom is -0.481 e. The number of hydrogen-bond donors (Lipinski definition) is 2. The molecule has 1 atom stereocenters. The molecule has 0 saturated heterocycles. The van der Waals surface area contributed by atoms with Gasteiger partial charge in [-0.2, -0.15) is 0 Å². The maximum absolute atomic E-state index is 11.2. The average molecular weight is 189 g/mol. The summed E-state index contributed by atoms with van der Waals surface area (Å²) in [4.78, 5) is 21.5. The average Bonchev–Trinajstić information content (AvgIpc) is 1.98. The summed E-state index contributed by atoms with van der Waals surface area (Å²) in [6, 6.07) is -0.0149. The second-order valence-electron chi connectivity index (χ2n) is 2.99. The number of rotatable bonds is 5. The van der Waals surface area contributed by atoms with Gasteiger partial charge in [0, 0.05) is 13.2 Å². The number of methoxy groups -OCH3 is 1. The number of hydrogen-bond acceptors (Lipinski definition) is 3. The van der Waals surface area contributed by atoms with Crippen molar-refractivity contribution in [1.82, 2.24) is 5.32 Å². The molecule has 0 aliphatic heterocycles. The van der Waals surface area contributed by atoms with Crippen molar-refractivity contribution in [2.45, 2.75) is 32.4 Å². The van der Waals surface area contributed by atoms with E-state index in [1.165, 1.54) is 7.11 Å². The molecule has 0 radical (unpaired) electrons. The molecule has 0 aromatic heterocycles. The molecule has 0 saturated carbocycles. The van der Waals surface area contributed by atoms with Crippen molar-refractivity contribution in [2.24, 2.45) is 0 Å². The van der Waals surface area contributed by atoms with Gasteiger partial charge in [-0.15, -0.1) is 0 Å². The van der Waals surface area contributed by atoms with Crippen LogP contribution in [0.15, 0.2) is 0 Å². The predicted octanol–water partition coefficient (Wildman–Crippen LogP) is 0.000700. The number of ether oxygens (including phenoxy) is 1. The molecule has 0 bridgehead atoms. The predicted molar refractivity (Wildman–Crippen MR) is 46.3 cm³/mol. The van der Waals surface area contributed by atoms with Gasteiger partial charge in [-0.05, 0) is 13.8 Å². The monoisotopic (exact) mass is 189 g/mol. The van der Waals surface area contributed by atoms with Crippen LogP contribution in [0.4, 0.5) is 0 Å². The fraction of sp³-hybridized carbons (Fsp3) is 0.750. The van der Waals surface area contributed by atoms with Crippen molar-refractivity contribution in [2.75, 3.05) is 7.11 Å². The summed E-state index contributed by atoms with van der Waals surface area (Å²) < 4.78 is 4.73. The van der Waals surface area contributed by atoms with Crippen LogP contribution >= 0.6 is 0 Å². The molecule has 0 aliphatic carbocycles. The molecule has 76 valence electrons. The molecule has 0 aromatic rings. The minimum atomic E-state index is -1.05. The van der Waals surface area contributed by atoms with E-state index in [-0.39, 0.29) is 18.4 Å². The highest BCUT2D eigenvalue weighted by molar-refractivity contribution is 5.85. The molecular weight excluding hydrogens is 174 g/mol. The topological polar surface area (TPSA) is 75.6 Å². The SMILES string of the molecule is CO[C@@H](CC(=O)O)C(=O)NC(C)C. The first-order valence-corrected chi connectivity index (χ1v) is 4.02. The van der Waals surface area contributed by atoms with E-state index in [0.717, 1.165) is 0 Å². The largest absolute Gasteiger partial charge is 0.481 e. The van der Waals surface area contributed by atoms with Gasteiger partial charge in [-0.3, -0.25) is 9.59 Å². The zero-order chi connectivity index (χ0) is 10.4. The number of carbonyl (C=O) groups excluding carboxylic acids is 1. The van der Waals surface area contributed by atoms with Crippen LogP contribution in [0, 0.1) is 0 Å². The fourth-order valence-corrected chi connectivity index (χ4v) is 0.819. The Morgan fingerprint density at radius 1 is 1.46 bits per heavy atom. The van der Waals surface area contributed by atoms with Crippen molar-refractivity contribution in [1.29, 1.82) is 0 Å². The number of carboxylic acid groups (broad SMARTS) is 1. The van der Waals surface area contributed by atoms with Crippen LogP contribution in [-0.4, -0.2) is 36.2 Å². The number of aliphatic carboxylic acids is 1. The van der Waals surface area contributed by atoms with Crippen molar-refractivity contribution in [3.05, 3.63) is 0 Å². The third-order valence-corrected chi connectivity index (χ3v) is 1.37. The Bertz CT molecular complexity index is 191. The molecular formula is C8H15NO4. The van der Waals surface area contributed by atoms with E-state index in [1.807, 2.05) is 0 Å². The molecule has 0 heterocycles. The summed E-state index contributed by atoms with van der Waals surface area (Å²) in [6.07, 6.45) is -1.21. The quantitative estimate of drug-likeness (QED) is 0.638. The van der Waals surface area contributed by atoms with Crippen LogP contribution in [-0.2, 0) is 14.3 Å². The van der Waals surface area contributed by atoms with Crippen LogP contribution in [0.1, 0.15) is 20.3 Å². The van der Waals surface area contributed by atoms with Crippen molar-refractivity contribution < 1.29 is 19.4 Å². The zero-order valence-corrected chi connectivity index (χ0v) is 8.03. The number of carboxylic acids is 1. The summed E-state index contributed by atoms with van der Waals surface area (Å²) in [7, 11) is 1.31. The second-order valence-corrected chi connectivity index (χ2v) is 2.99. The fourth-order valence-electron chi connectivity index (χ4n) is 0.819.